The number of hydrogen-bond acceptors (Lipinski definition) is 7. The lowest BCUT2D eigenvalue weighted by Crippen LogP contribution is -2.47. The maximum Gasteiger partial charge on any atom is 0.335 e. The van der Waals surface area contributed by atoms with Crippen LogP contribution in [0.1, 0.15) is 40.0 Å². The molecule has 9 heteroatoms. The van der Waals surface area contributed by atoms with Gasteiger partial charge in [-0.1, -0.05) is 0 Å². The number of nitriles is 1. The molecule has 0 spiro atoms. The minimum absolute atomic E-state index is 0.0908. The molecule has 0 radical (unpaired) electrons. The Morgan fingerprint density at radius 1 is 1.59 bits per heavy atom. The molecule has 2 aromatic heterocycles. The van der Waals surface area contributed by atoms with Crippen LogP contribution in [0, 0.1) is 11.3 Å². The number of pyridine rings is 1. The van der Waals surface area contributed by atoms with Crippen LogP contribution >= 0.6 is 0 Å². The number of nitrogens with zero attached hydrogens (tertiary/aromatic N) is 3. The third kappa shape index (κ3) is 3.53. The van der Waals surface area contributed by atoms with Crippen molar-refractivity contribution in [2.75, 3.05) is 12.3 Å². The minimum Gasteiger partial charge on any atom is -0.458 e. The van der Waals surface area contributed by atoms with Gasteiger partial charge in [-0.05, 0) is 39.7 Å². The fourth-order valence-electron chi connectivity index (χ4n) is 3.36. The van der Waals surface area contributed by atoms with Gasteiger partial charge in [-0.15, -0.1) is 0 Å². The van der Waals surface area contributed by atoms with Crippen molar-refractivity contribution in [3.63, 3.8) is 0 Å². The van der Waals surface area contributed by atoms with Gasteiger partial charge in [-0.2, -0.15) is 10.4 Å². The molecule has 0 saturated carbocycles. The highest BCUT2D eigenvalue weighted by atomic mass is 16.6. The molecule has 9 nitrogen and oxygen atoms in total. The molecular formula is C18H23N5O4. The number of aromatic amines is 1. The van der Waals surface area contributed by atoms with Gasteiger partial charge in [0.25, 0.3) is 5.56 Å². The topological polar surface area (TPSA) is 136 Å². The second kappa shape index (κ2) is 6.70. The lowest BCUT2D eigenvalue weighted by molar-refractivity contribution is -0.176. The van der Waals surface area contributed by atoms with Crippen molar-refractivity contribution in [3.8, 4) is 6.07 Å². The Morgan fingerprint density at radius 3 is 2.93 bits per heavy atom. The van der Waals surface area contributed by atoms with Crippen molar-refractivity contribution in [3.05, 3.63) is 22.6 Å². The molecule has 1 aliphatic rings. The summed E-state index contributed by atoms with van der Waals surface area (Å²) in [6.45, 7) is 5.48. The summed E-state index contributed by atoms with van der Waals surface area (Å²) < 4.78 is 12.8. The molecule has 0 amide bonds. The number of aromatic nitrogens is 3. The zero-order valence-electron chi connectivity index (χ0n) is 15.6. The molecule has 1 unspecified atom stereocenters. The number of esters is 1. The first kappa shape index (κ1) is 18.9. The largest absolute Gasteiger partial charge is 0.458 e. The monoisotopic (exact) mass is 373 g/mol. The normalized spacial score (nSPS) is 23.1. The van der Waals surface area contributed by atoms with E-state index < -0.39 is 23.2 Å². The highest BCUT2D eigenvalue weighted by Crippen LogP contribution is 2.36. The highest BCUT2D eigenvalue weighted by Gasteiger charge is 2.43. The van der Waals surface area contributed by atoms with E-state index in [4.69, 9.17) is 15.2 Å². The number of H-pyrrole nitrogens is 1. The number of anilines is 1. The van der Waals surface area contributed by atoms with E-state index in [1.807, 2.05) is 0 Å². The van der Waals surface area contributed by atoms with Gasteiger partial charge >= 0.3 is 5.97 Å². The van der Waals surface area contributed by atoms with E-state index in [0.717, 1.165) is 0 Å². The maximum atomic E-state index is 12.3. The number of ether oxygens (including phenoxy) is 2. The summed E-state index contributed by atoms with van der Waals surface area (Å²) in [5.41, 5.74) is 4.72. The van der Waals surface area contributed by atoms with Crippen LogP contribution in [0.4, 0.5) is 5.82 Å². The minimum atomic E-state index is -0.809. The zero-order chi connectivity index (χ0) is 19.8. The smallest absolute Gasteiger partial charge is 0.335 e. The Kier molecular flexibility index (Phi) is 4.70. The average Bonchev–Trinajstić information content (AvgIpc) is 2.93. The van der Waals surface area contributed by atoms with Gasteiger partial charge in [-0.25, -0.2) is 4.79 Å². The zero-order valence-corrected chi connectivity index (χ0v) is 15.6. The van der Waals surface area contributed by atoms with Gasteiger partial charge in [-0.3, -0.25) is 9.48 Å². The third-order valence-corrected chi connectivity index (χ3v) is 4.58. The van der Waals surface area contributed by atoms with E-state index >= 15 is 0 Å². The molecule has 0 aliphatic carbocycles. The molecule has 1 saturated heterocycles. The Morgan fingerprint density at radius 2 is 2.33 bits per heavy atom. The Bertz CT molecular complexity index is 955. The second-order valence-electron chi connectivity index (χ2n) is 7.80. The van der Waals surface area contributed by atoms with E-state index in [9.17, 15) is 14.9 Å². The molecule has 1 fully saturated rings. The van der Waals surface area contributed by atoms with E-state index in [-0.39, 0.29) is 29.8 Å². The maximum absolute atomic E-state index is 12.3. The molecule has 3 heterocycles. The molecule has 2 aromatic rings. The molecule has 27 heavy (non-hydrogen) atoms. The van der Waals surface area contributed by atoms with Gasteiger partial charge in [0, 0.05) is 6.20 Å². The van der Waals surface area contributed by atoms with Crippen molar-refractivity contribution in [2.24, 2.45) is 0 Å². The second-order valence-corrected chi connectivity index (χ2v) is 7.80. The first-order valence-electron chi connectivity index (χ1n) is 8.75. The van der Waals surface area contributed by atoms with Crippen molar-refractivity contribution in [2.45, 2.75) is 57.3 Å². The number of rotatable bonds is 3. The summed E-state index contributed by atoms with van der Waals surface area (Å²) in [5, 5.41) is 14.0. The van der Waals surface area contributed by atoms with Crippen LogP contribution in [-0.2, 0) is 19.8 Å². The van der Waals surface area contributed by atoms with E-state index in [2.05, 4.69) is 16.2 Å². The van der Waals surface area contributed by atoms with Crippen LogP contribution in [0.2, 0.25) is 0 Å². The van der Waals surface area contributed by atoms with E-state index in [0.29, 0.717) is 18.4 Å². The predicted octanol–water partition coefficient (Wildman–Crippen LogP) is 1.44. The van der Waals surface area contributed by atoms with Crippen LogP contribution < -0.4 is 11.3 Å². The van der Waals surface area contributed by atoms with Gasteiger partial charge in [0.2, 0.25) is 0 Å². The lowest BCUT2D eigenvalue weighted by Gasteiger charge is -2.39. The van der Waals surface area contributed by atoms with Crippen LogP contribution in [0.5, 0.6) is 0 Å². The summed E-state index contributed by atoms with van der Waals surface area (Å²) in [7, 11) is 0. The van der Waals surface area contributed by atoms with Gasteiger partial charge in [0.05, 0.1) is 30.2 Å². The fourth-order valence-corrected chi connectivity index (χ4v) is 3.36. The fraction of sp³-hybridized carbons (Fsp3) is 0.556. The standard InChI is InChI=1S/C18H23N5O4/c1-17(2,3)27-16(25)12-4-6-18(7-8-19,10-26-12)23-11-5-9-21-15(24)13(11)14(20)22-23/h5,9,12H,4,6-7,10H2,1-3H3,(H2,20,22)(H,21,24)/t12-,18?/m0/s1. The molecular weight excluding hydrogens is 350 g/mol. The number of carbonyl (C=O) groups excluding carboxylic acids is 1. The van der Waals surface area contributed by atoms with E-state index in [1.165, 1.54) is 6.20 Å². The number of hydrogen-bond donors (Lipinski definition) is 2. The van der Waals surface area contributed by atoms with Crippen molar-refractivity contribution >= 4 is 22.7 Å². The molecule has 3 rings (SSSR count). The number of nitrogen functional groups attached to an aromatic ring is 1. The van der Waals surface area contributed by atoms with Gasteiger partial charge < -0.3 is 20.2 Å². The third-order valence-electron chi connectivity index (χ3n) is 4.58. The summed E-state index contributed by atoms with van der Waals surface area (Å²) in [4.78, 5) is 26.9. The van der Waals surface area contributed by atoms with Crippen LogP contribution in [-0.4, -0.2) is 39.0 Å². The van der Waals surface area contributed by atoms with Crippen molar-refractivity contribution in [1.82, 2.24) is 14.8 Å². The summed E-state index contributed by atoms with van der Waals surface area (Å²) in [6.07, 6.45) is 1.76. The molecule has 3 N–H and O–H groups in total. The van der Waals surface area contributed by atoms with Crippen molar-refractivity contribution in [1.29, 1.82) is 5.26 Å². The van der Waals surface area contributed by atoms with E-state index in [1.54, 1.807) is 31.5 Å². The highest BCUT2D eigenvalue weighted by molar-refractivity contribution is 5.88. The van der Waals surface area contributed by atoms with Crippen LogP contribution in [0.15, 0.2) is 17.1 Å². The lowest BCUT2D eigenvalue weighted by atomic mass is 9.87. The van der Waals surface area contributed by atoms with Gasteiger partial charge in [0.15, 0.2) is 11.9 Å². The Balaban J connectivity index is 1.92. The van der Waals surface area contributed by atoms with Crippen LogP contribution in [0.3, 0.4) is 0 Å². The SMILES string of the molecule is CC(C)(C)OC(=O)[C@@H]1CCC(CC#N)(n2nc(N)c3c(=O)[nH]ccc32)CO1. The molecule has 144 valence electrons. The number of nitrogens with two attached hydrogens (primary N) is 1. The van der Waals surface area contributed by atoms with Crippen LogP contribution in [0.25, 0.3) is 10.9 Å². The number of carbonyl (C=O) groups is 1. The first-order chi connectivity index (χ1) is 12.7. The molecule has 2 atom stereocenters. The predicted molar refractivity (Wildman–Crippen MR) is 97.8 cm³/mol. The Labute approximate surface area is 156 Å². The summed E-state index contributed by atoms with van der Waals surface area (Å²) >= 11 is 0. The van der Waals surface area contributed by atoms with Gasteiger partial charge in [0.1, 0.15) is 11.0 Å². The summed E-state index contributed by atoms with van der Waals surface area (Å²) in [5.74, 6) is -0.326. The van der Waals surface area contributed by atoms with Crippen molar-refractivity contribution < 1.29 is 14.3 Å². The summed E-state index contributed by atoms with van der Waals surface area (Å²) in [6, 6.07) is 3.86. The number of nitrogens with one attached hydrogen (secondary N) is 1. The molecule has 1 aliphatic heterocycles. The Hall–Kier alpha value is -2.86. The quantitative estimate of drug-likeness (QED) is 0.777. The number of fused-ring (bicyclic) bond motifs is 1. The first-order valence-corrected chi connectivity index (χ1v) is 8.75. The molecule has 0 bridgehead atoms. The molecule has 0 aromatic carbocycles. The average molecular weight is 373 g/mol.